The summed E-state index contributed by atoms with van der Waals surface area (Å²) in [4.78, 5) is 12.6. The zero-order valence-electron chi connectivity index (χ0n) is 12.3. The average molecular weight is 453 g/mol. The molecule has 0 aliphatic carbocycles. The van der Waals surface area contributed by atoms with Gasteiger partial charge in [0.1, 0.15) is 5.88 Å². The van der Waals surface area contributed by atoms with E-state index < -0.39 is 26.6 Å². The maximum Gasteiger partial charge on any atom is 0.265 e. The van der Waals surface area contributed by atoms with E-state index in [1.54, 1.807) is 23.6 Å². The molecule has 2 aromatic rings. The maximum atomic E-state index is 12.1. The number of carbonyl (C=O) groups is 1. The van der Waals surface area contributed by atoms with Crippen LogP contribution < -0.4 is 9.62 Å². The topological polar surface area (TPSA) is 101 Å². The second kappa shape index (κ2) is 7.64. The highest BCUT2D eigenvalue weighted by Gasteiger charge is 2.17. The molecule has 0 aliphatic heterocycles. The number of anilines is 2. The quantitative estimate of drug-likeness (QED) is 0.653. The van der Waals surface area contributed by atoms with Gasteiger partial charge in [0.05, 0.1) is 10.6 Å². The monoisotopic (exact) mass is 452 g/mol. The molecule has 1 heterocycles. The van der Waals surface area contributed by atoms with Crippen LogP contribution in [-0.2, 0) is 20.7 Å². The molecule has 11 heteroatoms. The summed E-state index contributed by atoms with van der Waals surface area (Å²) < 4.78 is 46.9. The van der Waals surface area contributed by atoms with Crippen molar-refractivity contribution in [1.29, 1.82) is 0 Å². The van der Waals surface area contributed by atoms with Crippen LogP contribution in [-0.4, -0.2) is 34.9 Å². The summed E-state index contributed by atoms with van der Waals surface area (Å²) in [6.45, 7) is 0. The second-order valence-corrected chi connectivity index (χ2v) is 9.75. The van der Waals surface area contributed by atoms with Crippen LogP contribution >= 0.6 is 27.3 Å². The number of amides is 1. The van der Waals surface area contributed by atoms with E-state index in [0.29, 0.717) is 15.0 Å². The van der Waals surface area contributed by atoms with Crippen molar-refractivity contribution in [2.24, 2.45) is 0 Å². The van der Waals surface area contributed by atoms with Crippen molar-refractivity contribution in [2.45, 2.75) is 0 Å². The van der Waals surface area contributed by atoms with Gasteiger partial charge in [0, 0.05) is 16.4 Å². The van der Waals surface area contributed by atoms with Gasteiger partial charge in [0.25, 0.3) is 5.91 Å². The summed E-state index contributed by atoms with van der Waals surface area (Å²) in [5.74, 6) is -1.02. The number of nitrogens with one attached hydrogen (secondary N) is 1. The van der Waals surface area contributed by atoms with Crippen LogP contribution in [0.15, 0.2) is 40.2 Å². The minimum absolute atomic E-state index is 0.132. The highest BCUT2D eigenvalue weighted by molar-refractivity contribution is 9.10. The number of thiol groups is 1. The van der Waals surface area contributed by atoms with E-state index in [-0.39, 0.29) is 11.6 Å². The van der Waals surface area contributed by atoms with Crippen LogP contribution in [0.5, 0.6) is 0 Å². The Morgan fingerprint density at radius 1 is 1.33 bits per heavy atom. The van der Waals surface area contributed by atoms with Crippen LogP contribution in [0.4, 0.5) is 11.4 Å². The van der Waals surface area contributed by atoms with Crippen molar-refractivity contribution < 1.29 is 21.6 Å². The first-order valence-corrected chi connectivity index (χ1v) is 11.3. The first kappa shape index (κ1) is 18.9. The SMILES string of the molecule is CS(=O)(=O)CN(c1cc(Br)cc(NC(=O)c2cccs2)c1)[SH](=O)=O. The molecule has 0 unspecified atom stereocenters. The molecule has 7 nitrogen and oxygen atoms in total. The van der Waals surface area contributed by atoms with Crippen LogP contribution in [0.1, 0.15) is 9.67 Å². The zero-order valence-corrected chi connectivity index (χ0v) is 16.4. The lowest BCUT2D eigenvalue weighted by molar-refractivity contribution is 0.103. The van der Waals surface area contributed by atoms with E-state index in [2.05, 4.69) is 21.2 Å². The van der Waals surface area contributed by atoms with Gasteiger partial charge in [-0.25, -0.2) is 16.8 Å². The van der Waals surface area contributed by atoms with Crippen molar-refractivity contribution in [3.8, 4) is 0 Å². The molecule has 1 aromatic heterocycles. The molecule has 0 aliphatic rings. The predicted octanol–water partition coefficient (Wildman–Crippen LogP) is 2.10. The van der Waals surface area contributed by atoms with Crippen LogP contribution in [0, 0.1) is 0 Å². The minimum Gasteiger partial charge on any atom is -0.321 e. The summed E-state index contributed by atoms with van der Waals surface area (Å²) in [5, 5.41) is 4.41. The zero-order chi connectivity index (χ0) is 17.9. The Hall–Kier alpha value is -1.43. The molecule has 0 saturated carbocycles. The van der Waals surface area contributed by atoms with E-state index >= 15 is 0 Å². The lowest BCUT2D eigenvalue weighted by atomic mass is 10.2. The number of carbonyl (C=O) groups excluding carboxylic acids is 1. The lowest BCUT2D eigenvalue weighted by Crippen LogP contribution is -2.28. The van der Waals surface area contributed by atoms with Crippen molar-refractivity contribution in [3.63, 3.8) is 0 Å². The Morgan fingerprint density at radius 3 is 2.58 bits per heavy atom. The highest BCUT2D eigenvalue weighted by Crippen LogP contribution is 2.27. The first-order valence-electron chi connectivity index (χ1n) is 6.41. The molecular weight excluding hydrogens is 440 g/mol. The Labute approximate surface area is 153 Å². The molecule has 2 rings (SSSR count). The van der Waals surface area contributed by atoms with Gasteiger partial charge in [-0.05, 0) is 29.6 Å². The fourth-order valence-corrected chi connectivity index (χ4v) is 4.84. The molecule has 0 radical (unpaired) electrons. The number of nitrogens with zero attached hydrogens (tertiary/aromatic N) is 1. The summed E-state index contributed by atoms with van der Waals surface area (Å²) in [7, 11) is -6.72. The second-order valence-electron chi connectivity index (χ2n) is 4.82. The van der Waals surface area contributed by atoms with Crippen LogP contribution in [0.2, 0.25) is 0 Å². The fraction of sp³-hybridized carbons (Fsp3) is 0.154. The van der Waals surface area contributed by atoms with Crippen molar-refractivity contribution >= 4 is 65.3 Å². The lowest BCUT2D eigenvalue weighted by Gasteiger charge is -2.18. The average Bonchev–Trinajstić information content (AvgIpc) is 2.97. The third kappa shape index (κ3) is 5.30. The third-order valence-corrected chi connectivity index (χ3v) is 5.75. The van der Waals surface area contributed by atoms with Crippen molar-refractivity contribution in [2.75, 3.05) is 21.8 Å². The van der Waals surface area contributed by atoms with Gasteiger partial charge >= 0.3 is 0 Å². The first-order chi connectivity index (χ1) is 11.2. The van der Waals surface area contributed by atoms with E-state index in [9.17, 15) is 21.6 Å². The standard InChI is InChI=1S/C13H13BrN2O5S3/c1-24(20,21)8-16(23(18)19)11-6-9(14)5-10(7-11)15-13(17)12-3-2-4-22-12/h2-7,23H,8H2,1H3,(H,15,17). The summed E-state index contributed by atoms with van der Waals surface area (Å²) in [6.07, 6.45) is 0.941. The van der Waals surface area contributed by atoms with Gasteiger partial charge in [-0.15, -0.1) is 11.3 Å². The molecule has 0 spiro atoms. The van der Waals surface area contributed by atoms with E-state index in [0.717, 1.165) is 10.6 Å². The molecule has 0 atom stereocenters. The molecule has 1 amide bonds. The molecule has 0 bridgehead atoms. The highest BCUT2D eigenvalue weighted by atomic mass is 79.9. The largest absolute Gasteiger partial charge is 0.321 e. The number of hydrogen-bond donors (Lipinski definition) is 2. The Kier molecular flexibility index (Phi) is 6.01. The fourth-order valence-electron chi connectivity index (χ4n) is 1.83. The summed E-state index contributed by atoms with van der Waals surface area (Å²) >= 11 is 4.49. The van der Waals surface area contributed by atoms with Gasteiger partial charge in [-0.2, -0.15) is 0 Å². The number of hydrogen-bond acceptors (Lipinski definition) is 6. The molecule has 1 N–H and O–H groups in total. The van der Waals surface area contributed by atoms with Gasteiger partial charge in [-0.3, -0.25) is 9.10 Å². The Bertz CT molecular complexity index is 915. The smallest absolute Gasteiger partial charge is 0.265 e. The van der Waals surface area contributed by atoms with Gasteiger partial charge in [0.15, 0.2) is 9.84 Å². The predicted molar refractivity (Wildman–Crippen MR) is 98.9 cm³/mol. The molecule has 130 valence electrons. The third-order valence-electron chi connectivity index (χ3n) is 2.74. The van der Waals surface area contributed by atoms with Gasteiger partial charge in [0.2, 0.25) is 10.9 Å². The number of sulfone groups is 1. The van der Waals surface area contributed by atoms with E-state index in [1.807, 2.05) is 0 Å². The van der Waals surface area contributed by atoms with E-state index in [1.165, 1.54) is 23.5 Å². The molecular formula is C13H13BrN2O5S3. The van der Waals surface area contributed by atoms with Gasteiger partial charge < -0.3 is 5.32 Å². The Balaban J connectivity index is 2.34. The number of thiophene rings is 1. The molecule has 0 fully saturated rings. The molecule has 1 aromatic carbocycles. The van der Waals surface area contributed by atoms with Crippen LogP contribution in [0.25, 0.3) is 0 Å². The summed E-state index contributed by atoms with van der Waals surface area (Å²) in [6, 6.07) is 7.83. The van der Waals surface area contributed by atoms with E-state index in [4.69, 9.17) is 0 Å². The Morgan fingerprint density at radius 2 is 2.04 bits per heavy atom. The maximum absolute atomic E-state index is 12.1. The van der Waals surface area contributed by atoms with Gasteiger partial charge in [-0.1, -0.05) is 22.0 Å². The van der Waals surface area contributed by atoms with Crippen molar-refractivity contribution in [3.05, 3.63) is 45.1 Å². The number of halogens is 1. The van der Waals surface area contributed by atoms with Crippen LogP contribution in [0.3, 0.4) is 0 Å². The molecule has 24 heavy (non-hydrogen) atoms. The number of benzene rings is 1. The molecule has 0 saturated heterocycles. The number of rotatable bonds is 6. The normalized spacial score (nSPS) is 11.5. The summed E-state index contributed by atoms with van der Waals surface area (Å²) in [5.41, 5.74) is 0.473. The van der Waals surface area contributed by atoms with Crippen molar-refractivity contribution in [1.82, 2.24) is 0 Å². The minimum atomic E-state index is -3.56.